The summed E-state index contributed by atoms with van der Waals surface area (Å²) < 4.78 is 5.33. The van der Waals surface area contributed by atoms with Gasteiger partial charge in [0.25, 0.3) is 17.5 Å². The molecule has 0 spiro atoms. The van der Waals surface area contributed by atoms with Crippen molar-refractivity contribution in [2.24, 2.45) is 0 Å². The monoisotopic (exact) mass is 557 g/mol. The lowest BCUT2D eigenvalue weighted by atomic mass is 10.0. The van der Waals surface area contributed by atoms with Crippen LogP contribution in [0.4, 0.5) is 11.4 Å². The average Bonchev–Trinajstić information content (AvgIpc) is 3.28. The van der Waals surface area contributed by atoms with Gasteiger partial charge in [-0.2, -0.15) is 0 Å². The van der Waals surface area contributed by atoms with Crippen molar-refractivity contribution in [2.75, 3.05) is 11.5 Å². The number of esters is 1. The summed E-state index contributed by atoms with van der Waals surface area (Å²) in [4.78, 5) is 67.5. The largest absolute Gasteiger partial charge is 0.454 e. The first-order valence-electron chi connectivity index (χ1n) is 12.7. The summed E-state index contributed by atoms with van der Waals surface area (Å²) in [6, 6.07) is 26.9. The second-order valence-corrected chi connectivity index (χ2v) is 9.41. The lowest BCUT2D eigenvalue weighted by Crippen LogP contribution is -2.29. The Labute approximate surface area is 237 Å². The molecule has 0 saturated carbocycles. The van der Waals surface area contributed by atoms with Crippen LogP contribution < -0.4 is 4.90 Å². The topological polar surface area (TPSA) is 137 Å². The van der Waals surface area contributed by atoms with Crippen LogP contribution in [0.5, 0.6) is 0 Å². The third kappa shape index (κ3) is 4.66. The zero-order chi connectivity index (χ0) is 29.4. The molecule has 0 bridgehead atoms. The van der Waals surface area contributed by atoms with Crippen LogP contribution in [0.3, 0.4) is 0 Å². The number of amides is 2. The summed E-state index contributed by atoms with van der Waals surface area (Å²) in [6.07, 6.45) is 0. The number of nitro benzene ring substituents is 1. The van der Waals surface area contributed by atoms with Crippen molar-refractivity contribution in [1.82, 2.24) is 4.98 Å². The Morgan fingerprint density at radius 2 is 1.43 bits per heavy atom. The minimum Gasteiger partial charge on any atom is -0.454 e. The second-order valence-electron chi connectivity index (χ2n) is 9.41. The van der Waals surface area contributed by atoms with Gasteiger partial charge in [0.15, 0.2) is 12.4 Å². The highest BCUT2D eigenvalue weighted by molar-refractivity contribution is 6.34. The molecule has 4 aromatic carbocycles. The maximum Gasteiger partial charge on any atom is 0.339 e. The minimum absolute atomic E-state index is 0.156. The zero-order valence-corrected chi connectivity index (χ0v) is 21.7. The molecular weight excluding hydrogens is 538 g/mol. The van der Waals surface area contributed by atoms with Gasteiger partial charge in [-0.1, -0.05) is 42.5 Å². The van der Waals surface area contributed by atoms with Gasteiger partial charge in [0.1, 0.15) is 0 Å². The van der Waals surface area contributed by atoms with Gasteiger partial charge in [-0.25, -0.2) is 14.7 Å². The first-order chi connectivity index (χ1) is 20.3. The summed E-state index contributed by atoms with van der Waals surface area (Å²) in [5.41, 5.74) is 2.88. The molecule has 0 radical (unpaired) electrons. The number of nitro groups is 1. The number of pyridine rings is 1. The van der Waals surface area contributed by atoms with Gasteiger partial charge < -0.3 is 4.74 Å². The molecule has 42 heavy (non-hydrogen) atoms. The first-order valence-corrected chi connectivity index (χ1v) is 12.7. The number of anilines is 1. The predicted molar refractivity (Wildman–Crippen MR) is 152 cm³/mol. The standard InChI is InChI=1S/C32H19N3O7/c36-29(20-11-15-22(16-12-20)35(40)41)18-42-32(39)26-17-28(33-27-8-4-3-5-23(26)27)19-9-13-21(14-10-19)34-30(37)24-6-1-2-7-25(24)31(34)38/h1-17H,18H2. The van der Waals surface area contributed by atoms with Gasteiger partial charge in [-0.15, -0.1) is 0 Å². The number of hydrogen-bond donors (Lipinski definition) is 0. The molecule has 0 unspecified atom stereocenters. The van der Waals surface area contributed by atoms with E-state index < -0.39 is 35.1 Å². The molecule has 0 N–H and O–H groups in total. The summed E-state index contributed by atoms with van der Waals surface area (Å²) >= 11 is 0. The average molecular weight is 558 g/mol. The van der Waals surface area contributed by atoms with Crippen molar-refractivity contribution >= 4 is 45.8 Å². The third-order valence-electron chi connectivity index (χ3n) is 6.89. The molecule has 10 heteroatoms. The summed E-state index contributed by atoms with van der Waals surface area (Å²) in [6.45, 7) is -0.558. The molecule has 1 aliphatic heterocycles. The van der Waals surface area contributed by atoms with E-state index in [0.717, 1.165) is 4.90 Å². The van der Waals surface area contributed by atoms with E-state index in [9.17, 15) is 29.3 Å². The summed E-state index contributed by atoms with van der Waals surface area (Å²) in [7, 11) is 0. The number of ketones is 1. The van der Waals surface area contributed by atoms with Crippen LogP contribution in [-0.2, 0) is 4.74 Å². The lowest BCUT2D eigenvalue weighted by molar-refractivity contribution is -0.384. The first kappa shape index (κ1) is 26.2. The molecule has 0 saturated heterocycles. The normalized spacial score (nSPS) is 12.3. The predicted octanol–water partition coefficient (Wildman–Crippen LogP) is 5.65. The van der Waals surface area contributed by atoms with Crippen LogP contribution in [0.15, 0.2) is 103 Å². The van der Waals surface area contributed by atoms with Gasteiger partial charge >= 0.3 is 5.97 Å². The molecule has 6 rings (SSSR count). The van der Waals surface area contributed by atoms with Crippen LogP contribution in [-0.4, -0.2) is 40.1 Å². The van der Waals surface area contributed by atoms with Crippen LogP contribution >= 0.6 is 0 Å². The van der Waals surface area contributed by atoms with Crippen molar-refractivity contribution in [3.05, 3.63) is 135 Å². The SMILES string of the molecule is O=C(COC(=O)c1cc(-c2ccc(N3C(=O)c4ccccc4C3=O)cc2)nc2ccccc12)c1ccc([N+](=O)[O-])cc1. The van der Waals surface area contributed by atoms with Gasteiger partial charge in [0.05, 0.1) is 38.5 Å². The quantitative estimate of drug-likeness (QED) is 0.0823. The summed E-state index contributed by atoms with van der Waals surface area (Å²) in [5, 5.41) is 11.4. The van der Waals surface area contributed by atoms with Crippen molar-refractivity contribution in [2.45, 2.75) is 0 Å². The maximum atomic E-state index is 13.2. The number of fused-ring (bicyclic) bond motifs is 2. The van der Waals surface area contributed by atoms with Crippen molar-refractivity contribution in [3.8, 4) is 11.3 Å². The van der Waals surface area contributed by atoms with E-state index in [1.54, 1.807) is 78.9 Å². The van der Waals surface area contributed by atoms with E-state index >= 15 is 0 Å². The highest BCUT2D eigenvalue weighted by atomic mass is 16.6. The van der Waals surface area contributed by atoms with Crippen LogP contribution in [0, 0.1) is 10.1 Å². The number of rotatable bonds is 7. The fourth-order valence-electron chi connectivity index (χ4n) is 4.76. The number of imide groups is 1. The van der Waals surface area contributed by atoms with E-state index in [1.807, 2.05) is 0 Å². The number of carbonyl (C=O) groups is 4. The Morgan fingerprint density at radius 1 is 0.810 bits per heavy atom. The Kier molecular flexibility index (Phi) is 6.56. The molecule has 1 aliphatic rings. The number of hydrogen-bond acceptors (Lipinski definition) is 8. The van der Waals surface area contributed by atoms with E-state index in [0.29, 0.717) is 39.0 Å². The highest BCUT2D eigenvalue weighted by Crippen LogP contribution is 2.31. The maximum absolute atomic E-state index is 13.2. The summed E-state index contributed by atoms with van der Waals surface area (Å²) in [5.74, 6) is -2.06. The Balaban J connectivity index is 1.25. The van der Waals surface area contributed by atoms with E-state index in [4.69, 9.17) is 4.74 Å². The van der Waals surface area contributed by atoms with Crippen LogP contribution in [0.25, 0.3) is 22.2 Å². The molecule has 5 aromatic rings. The molecule has 0 atom stereocenters. The fraction of sp³-hybridized carbons (Fsp3) is 0.0312. The minimum atomic E-state index is -0.743. The Hall–Kier alpha value is -6.03. The highest BCUT2D eigenvalue weighted by Gasteiger charge is 2.36. The Morgan fingerprint density at radius 3 is 2.07 bits per heavy atom. The molecule has 10 nitrogen and oxygen atoms in total. The van der Waals surface area contributed by atoms with Crippen molar-refractivity contribution in [3.63, 3.8) is 0 Å². The molecule has 2 heterocycles. The number of Topliss-reactive ketones (excluding diaryl/α,β-unsaturated/α-hetero) is 1. The van der Waals surface area contributed by atoms with Crippen molar-refractivity contribution in [1.29, 1.82) is 0 Å². The zero-order valence-electron chi connectivity index (χ0n) is 21.7. The lowest BCUT2D eigenvalue weighted by Gasteiger charge is -2.15. The molecule has 0 aliphatic carbocycles. The Bertz CT molecular complexity index is 1900. The number of carbonyl (C=O) groups excluding carboxylic acids is 4. The number of nitrogens with zero attached hydrogens (tertiary/aromatic N) is 3. The van der Waals surface area contributed by atoms with Crippen molar-refractivity contribution < 1.29 is 28.8 Å². The molecule has 204 valence electrons. The van der Waals surface area contributed by atoms with Gasteiger partial charge in [-0.3, -0.25) is 24.5 Å². The molecular formula is C32H19N3O7. The van der Waals surface area contributed by atoms with Gasteiger partial charge in [0.2, 0.25) is 0 Å². The van der Waals surface area contributed by atoms with E-state index in [-0.39, 0.29) is 16.8 Å². The third-order valence-corrected chi connectivity index (χ3v) is 6.89. The number of benzene rings is 4. The number of non-ortho nitro benzene ring substituents is 1. The van der Waals surface area contributed by atoms with Crippen LogP contribution in [0.2, 0.25) is 0 Å². The second kappa shape index (κ2) is 10.5. The number of ether oxygens (including phenoxy) is 1. The van der Waals surface area contributed by atoms with E-state index in [1.165, 1.54) is 24.3 Å². The van der Waals surface area contributed by atoms with Crippen LogP contribution in [0.1, 0.15) is 41.4 Å². The fourth-order valence-corrected chi connectivity index (χ4v) is 4.76. The number of para-hydroxylation sites is 1. The van der Waals surface area contributed by atoms with Gasteiger partial charge in [0, 0.05) is 28.6 Å². The molecule has 1 aromatic heterocycles. The van der Waals surface area contributed by atoms with Gasteiger partial charge in [-0.05, 0) is 48.5 Å². The molecule has 0 fully saturated rings. The smallest absolute Gasteiger partial charge is 0.339 e. The van der Waals surface area contributed by atoms with E-state index in [2.05, 4.69) is 4.98 Å². The number of aromatic nitrogens is 1. The molecule has 2 amide bonds.